The van der Waals surface area contributed by atoms with Gasteiger partial charge >= 0.3 is 37.1 Å². The Hall–Kier alpha value is -6.98. The Morgan fingerprint density at radius 1 is 0.357 bits per heavy atom. The summed E-state index contributed by atoms with van der Waals surface area (Å²) in [6, 6.07) is 4.14. The van der Waals surface area contributed by atoms with Gasteiger partial charge in [-0.15, -0.1) is 0 Å². The Morgan fingerprint density at radius 3 is 0.557 bits per heavy atom. The summed E-state index contributed by atoms with van der Waals surface area (Å²) in [7, 11) is 0. The van der Waals surface area contributed by atoms with Crippen LogP contribution in [-0.2, 0) is 68.5 Å². The number of aliphatic hydroxyl groups is 3. The van der Waals surface area contributed by atoms with Crippen molar-refractivity contribution in [1.82, 2.24) is 0 Å². The number of nitrogens with zero attached hydrogens (tertiary/aromatic N) is 3. The predicted molar refractivity (Wildman–Crippen MR) is 201 cm³/mol. The minimum absolute atomic E-state index is 0. The fraction of sp³-hybridized carbons (Fsp3) is 0.286. The third-order valence-electron chi connectivity index (χ3n) is 8.59. The zero-order valence-corrected chi connectivity index (χ0v) is 36.6. The molecule has 0 amide bonds. The number of ketones is 3. The second-order valence-corrected chi connectivity index (χ2v) is 13.7. The molecule has 0 saturated carbocycles. The van der Waals surface area contributed by atoms with E-state index in [4.69, 9.17) is 15.8 Å². The van der Waals surface area contributed by atoms with Gasteiger partial charge in [-0.3, -0.25) is 14.4 Å². The number of carbonyl (C=O) groups excluding carboxylic acids is 3. The maximum atomic E-state index is 13.0. The largest absolute Gasteiger partial charge is 0.512 e. The molecular weight excluding hydrogens is 1040 g/mol. The number of rotatable bonds is 6. The van der Waals surface area contributed by atoms with Crippen molar-refractivity contribution in [2.45, 2.75) is 78.6 Å². The number of Topliss-reactive ketones (excluding diaryl/α,β-unsaturated/α-hetero) is 3. The Balaban J connectivity index is 0.00000101. The minimum Gasteiger partial charge on any atom is -0.512 e. The number of carbonyl (C=O) groups is 3. The predicted octanol–water partition coefficient (Wildman–Crippen LogP) is 13.4. The van der Waals surface area contributed by atoms with Gasteiger partial charge < -0.3 is 15.3 Å². The van der Waals surface area contributed by atoms with Gasteiger partial charge in [0.1, 0.15) is 35.5 Å². The van der Waals surface area contributed by atoms with E-state index in [-0.39, 0.29) is 53.5 Å². The van der Waals surface area contributed by atoms with Crippen molar-refractivity contribution >= 4 is 34.1 Å². The number of hydrogen-bond acceptors (Lipinski definition) is 9. The van der Waals surface area contributed by atoms with Crippen LogP contribution >= 0.6 is 0 Å². The Labute approximate surface area is 392 Å². The van der Waals surface area contributed by atoms with Crippen molar-refractivity contribution in [3.8, 4) is 18.2 Å². The fourth-order valence-electron chi connectivity index (χ4n) is 6.06. The van der Waals surface area contributed by atoms with Crippen molar-refractivity contribution in [3.05, 3.63) is 120 Å². The molecule has 28 heteroatoms. The molecule has 380 valence electrons. The summed E-state index contributed by atoms with van der Waals surface area (Å²) in [6.07, 6.45) is -31.5. The van der Waals surface area contributed by atoms with E-state index in [1.807, 2.05) is 0 Å². The Morgan fingerprint density at radius 2 is 0.486 bits per heavy atom. The Kier molecular flexibility index (Phi) is 20.4. The fourth-order valence-corrected chi connectivity index (χ4v) is 6.06. The van der Waals surface area contributed by atoms with E-state index in [1.54, 1.807) is 0 Å². The molecule has 9 nitrogen and oxygen atoms in total. The molecule has 3 rings (SSSR count). The zero-order chi connectivity index (χ0) is 54.5. The molecule has 70 heavy (non-hydrogen) atoms. The number of benzene rings is 3. The van der Waals surface area contributed by atoms with E-state index in [0.29, 0.717) is 0 Å². The van der Waals surface area contributed by atoms with E-state index in [1.165, 1.54) is 0 Å². The summed E-state index contributed by atoms with van der Waals surface area (Å²) in [5.74, 6) is -4.96. The van der Waals surface area contributed by atoms with Crippen molar-refractivity contribution in [1.29, 1.82) is 15.8 Å². The summed E-state index contributed by atoms with van der Waals surface area (Å²) in [5.41, 5.74) is -20.1. The van der Waals surface area contributed by atoms with Crippen LogP contribution in [0.5, 0.6) is 0 Å². The SMILES string of the molecule is CC(=O)/C(=C(/C)O)c1cc(C(F)(F)F)c(C#N)c(C(F)(F)F)c1.CC(=O)/C(=C(/C)O)c1cc(C(F)(F)F)c(C#N)c(C(F)(F)F)c1.CC(=O)/C(=C(/C)O)c1cc(C(F)(F)F)c(C#N)c(C(F)(F)F)c1.[Fe]. The molecule has 0 aromatic heterocycles. The van der Waals surface area contributed by atoms with E-state index in [9.17, 15) is 109 Å². The van der Waals surface area contributed by atoms with Crippen LogP contribution in [0.25, 0.3) is 16.7 Å². The van der Waals surface area contributed by atoms with Gasteiger partial charge in [-0.25, -0.2) is 0 Å². The maximum absolute atomic E-state index is 13.0. The van der Waals surface area contributed by atoms with Crippen molar-refractivity contribution in [2.75, 3.05) is 0 Å². The molecule has 0 spiro atoms. The monoisotopic (exact) mass is 1070 g/mol. The topological polar surface area (TPSA) is 183 Å². The standard InChI is InChI=1S/3C14H9F6NO2.Fe/c3*1-6(22)12(7(2)23)8-3-10(13(15,16)17)9(5-21)11(4-8)14(18,19)20;/h3*3-4,22H,1-2H3;/b3*12-6+;. The van der Waals surface area contributed by atoms with Crippen LogP contribution in [0.4, 0.5) is 79.0 Å². The number of hydrogen-bond donors (Lipinski definition) is 3. The zero-order valence-electron chi connectivity index (χ0n) is 35.5. The van der Waals surface area contributed by atoms with Crippen LogP contribution < -0.4 is 0 Å². The van der Waals surface area contributed by atoms with Gasteiger partial charge in [0, 0.05) is 17.1 Å². The van der Waals surface area contributed by atoms with Crippen LogP contribution in [-0.4, -0.2) is 32.7 Å². The third kappa shape index (κ3) is 15.5. The van der Waals surface area contributed by atoms with Gasteiger partial charge in [-0.05, 0) is 94.6 Å². The molecule has 0 aliphatic rings. The van der Waals surface area contributed by atoms with Crippen LogP contribution in [0, 0.1) is 34.0 Å². The van der Waals surface area contributed by atoms with E-state index < -0.39 is 155 Å². The molecule has 0 heterocycles. The van der Waals surface area contributed by atoms with Crippen LogP contribution in [0.15, 0.2) is 53.7 Å². The molecule has 0 aliphatic heterocycles. The number of nitriles is 3. The summed E-state index contributed by atoms with van der Waals surface area (Å²) in [5, 5.41) is 54.2. The summed E-state index contributed by atoms with van der Waals surface area (Å²) in [6.45, 7) is 5.51. The second kappa shape index (κ2) is 22.6. The van der Waals surface area contributed by atoms with E-state index >= 15 is 0 Å². The van der Waals surface area contributed by atoms with Gasteiger partial charge in [-0.2, -0.15) is 94.8 Å². The maximum Gasteiger partial charge on any atom is 0.417 e. The summed E-state index contributed by atoms with van der Waals surface area (Å²) in [4.78, 5) is 34.3. The van der Waals surface area contributed by atoms with Gasteiger partial charge in [0.15, 0.2) is 17.3 Å². The summed E-state index contributed by atoms with van der Waals surface area (Å²) >= 11 is 0. The van der Waals surface area contributed by atoms with E-state index in [0.717, 1.165) is 59.8 Å². The molecule has 0 atom stereocenters. The van der Waals surface area contributed by atoms with Crippen molar-refractivity contribution < 1.29 is 126 Å². The number of halogens is 18. The van der Waals surface area contributed by atoms with E-state index in [2.05, 4.69) is 0 Å². The van der Waals surface area contributed by atoms with Crippen molar-refractivity contribution in [3.63, 3.8) is 0 Å². The quantitative estimate of drug-likeness (QED) is 0.0936. The average Bonchev–Trinajstić information content (AvgIpc) is 3.14. The first-order chi connectivity index (χ1) is 30.9. The van der Waals surface area contributed by atoms with Crippen LogP contribution in [0.3, 0.4) is 0 Å². The van der Waals surface area contributed by atoms with Gasteiger partial charge in [0.05, 0.1) is 66.8 Å². The second-order valence-electron chi connectivity index (χ2n) is 13.7. The summed E-state index contributed by atoms with van der Waals surface area (Å²) < 4.78 is 233. The molecule has 3 N–H and O–H groups in total. The van der Waals surface area contributed by atoms with Gasteiger partial charge in [-0.1, -0.05) is 0 Å². The molecule has 0 unspecified atom stereocenters. The molecule has 0 aliphatic carbocycles. The number of aliphatic hydroxyl groups excluding tert-OH is 3. The first-order valence-corrected chi connectivity index (χ1v) is 17.8. The number of alkyl halides is 18. The number of allylic oxidation sites excluding steroid dienone is 6. The first kappa shape index (κ1) is 63.0. The molecule has 3 aromatic carbocycles. The molecule has 0 fully saturated rings. The first-order valence-electron chi connectivity index (χ1n) is 17.8. The molecular formula is C42H27F18FeN3O6. The van der Waals surface area contributed by atoms with Gasteiger partial charge in [0.2, 0.25) is 0 Å². The Bertz CT molecular complexity index is 2360. The smallest absolute Gasteiger partial charge is 0.417 e. The van der Waals surface area contributed by atoms with Crippen LogP contribution in [0.1, 0.15) is 108 Å². The normalized spacial score (nSPS) is 13.2. The van der Waals surface area contributed by atoms with Crippen LogP contribution in [0.2, 0.25) is 0 Å². The van der Waals surface area contributed by atoms with Crippen molar-refractivity contribution in [2.24, 2.45) is 0 Å². The molecule has 0 bridgehead atoms. The molecule has 0 saturated heterocycles. The molecule has 0 radical (unpaired) electrons. The third-order valence-corrected chi connectivity index (χ3v) is 8.59. The van der Waals surface area contributed by atoms with Gasteiger partial charge in [0.25, 0.3) is 0 Å². The average molecular weight is 1070 g/mol. The molecule has 3 aromatic rings. The minimum atomic E-state index is -5.24.